The maximum atomic E-state index is 12.8. The minimum atomic E-state index is -0.121. The van der Waals surface area contributed by atoms with Crippen molar-refractivity contribution in [1.29, 1.82) is 0 Å². The van der Waals surface area contributed by atoms with Crippen molar-refractivity contribution in [2.45, 2.75) is 26.7 Å². The topological polar surface area (TPSA) is 49.4 Å². The highest BCUT2D eigenvalue weighted by atomic mass is 16.2. The summed E-state index contributed by atoms with van der Waals surface area (Å²) in [5.41, 5.74) is 4.80. The van der Waals surface area contributed by atoms with Crippen LogP contribution in [0.3, 0.4) is 0 Å². The van der Waals surface area contributed by atoms with E-state index >= 15 is 0 Å². The van der Waals surface area contributed by atoms with Gasteiger partial charge in [0.05, 0.1) is 0 Å². The van der Waals surface area contributed by atoms with E-state index in [0.29, 0.717) is 11.3 Å². The van der Waals surface area contributed by atoms with Gasteiger partial charge in [0.25, 0.3) is 5.91 Å². The number of rotatable bonds is 2. The van der Waals surface area contributed by atoms with Gasteiger partial charge in [-0.25, -0.2) is 0 Å². The Morgan fingerprint density at radius 1 is 1.09 bits per heavy atom. The average Bonchev–Trinajstić information content (AvgIpc) is 2.53. The summed E-state index contributed by atoms with van der Waals surface area (Å²) in [6, 6.07) is 13.3. The average molecular weight is 308 g/mol. The van der Waals surface area contributed by atoms with Crippen LogP contribution in [-0.2, 0) is 11.2 Å². The number of hydrogen-bond donors (Lipinski definition) is 1. The Hall–Kier alpha value is -2.62. The summed E-state index contributed by atoms with van der Waals surface area (Å²) in [7, 11) is 0. The van der Waals surface area contributed by atoms with Crippen molar-refractivity contribution in [2.75, 3.05) is 16.8 Å². The first-order chi connectivity index (χ1) is 11.0. The van der Waals surface area contributed by atoms with Crippen molar-refractivity contribution in [2.24, 2.45) is 0 Å². The molecule has 0 fully saturated rings. The van der Waals surface area contributed by atoms with Gasteiger partial charge in [0.2, 0.25) is 5.91 Å². The van der Waals surface area contributed by atoms with E-state index in [1.54, 1.807) is 24.3 Å². The van der Waals surface area contributed by atoms with Gasteiger partial charge in [-0.2, -0.15) is 0 Å². The van der Waals surface area contributed by atoms with Gasteiger partial charge in [0.1, 0.15) is 0 Å². The molecule has 0 saturated heterocycles. The molecule has 0 aromatic heterocycles. The molecule has 118 valence electrons. The smallest absolute Gasteiger partial charge is 0.258 e. The van der Waals surface area contributed by atoms with Crippen LogP contribution in [0.15, 0.2) is 42.5 Å². The van der Waals surface area contributed by atoms with E-state index in [9.17, 15) is 9.59 Å². The van der Waals surface area contributed by atoms with Crippen LogP contribution in [0.1, 0.15) is 34.8 Å². The Balaban J connectivity index is 1.85. The van der Waals surface area contributed by atoms with Crippen molar-refractivity contribution in [3.63, 3.8) is 0 Å². The fourth-order valence-corrected chi connectivity index (χ4v) is 2.99. The van der Waals surface area contributed by atoms with Crippen LogP contribution >= 0.6 is 0 Å². The molecule has 1 aliphatic heterocycles. The summed E-state index contributed by atoms with van der Waals surface area (Å²) in [6.45, 7) is 4.27. The van der Waals surface area contributed by atoms with Crippen LogP contribution in [0.25, 0.3) is 0 Å². The first-order valence-electron chi connectivity index (χ1n) is 7.83. The van der Waals surface area contributed by atoms with Crippen LogP contribution in [-0.4, -0.2) is 18.4 Å². The lowest BCUT2D eigenvalue weighted by atomic mass is 9.99. The Labute approximate surface area is 136 Å². The zero-order valence-corrected chi connectivity index (χ0v) is 13.4. The summed E-state index contributed by atoms with van der Waals surface area (Å²) >= 11 is 0. The Bertz CT molecular complexity index is 750. The second kappa shape index (κ2) is 6.24. The van der Waals surface area contributed by atoms with Gasteiger partial charge in [-0.1, -0.05) is 17.7 Å². The van der Waals surface area contributed by atoms with Crippen molar-refractivity contribution >= 4 is 23.2 Å². The molecular formula is C19H20N2O2. The van der Waals surface area contributed by atoms with E-state index in [4.69, 9.17) is 0 Å². The highest BCUT2D eigenvalue weighted by Gasteiger charge is 2.23. The van der Waals surface area contributed by atoms with Gasteiger partial charge in [-0.05, 0) is 55.7 Å². The van der Waals surface area contributed by atoms with E-state index in [1.807, 2.05) is 17.0 Å². The normalized spacial score (nSPS) is 13.4. The summed E-state index contributed by atoms with van der Waals surface area (Å²) in [6.07, 6.45) is 1.99. The molecule has 0 saturated carbocycles. The number of nitrogens with one attached hydrogen (secondary N) is 1. The molecule has 4 heteroatoms. The van der Waals surface area contributed by atoms with Crippen LogP contribution < -0.4 is 10.2 Å². The summed E-state index contributed by atoms with van der Waals surface area (Å²) < 4.78 is 0. The molecule has 0 radical (unpaired) electrons. The second-order valence-corrected chi connectivity index (χ2v) is 5.95. The molecule has 23 heavy (non-hydrogen) atoms. The molecule has 1 heterocycles. The molecular weight excluding hydrogens is 288 g/mol. The van der Waals surface area contributed by atoms with Crippen molar-refractivity contribution in [3.8, 4) is 0 Å². The molecule has 0 spiro atoms. The third kappa shape index (κ3) is 3.26. The molecule has 0 atom stereocenters. The number of anilines is 2. The van der Waals surface area contributed by atoms with Gasteiger partial charge in [0.15, 0.2) is 0 Å². The van der Waals surface area contributed by atoms with Crippen LogP contribution in [0.4, 0.5) is 11.4 Å². The zero-order valence-electron chi connectivity index (χ0n) is 13.4. The highest BCUT2D eigenvalue weighted by Crippen LogP contribution is 2.29. The standard InChI is InChI=1S/C19H20N2O2/c1-13-5-10-18-16(12-13)4-3-11-21(18)19(23)15-6-8-17(9-7-15)20-14(2)22/h5-10,12H,3-4,11H2,1-2H3,(H,20,22). The molecule has 1 aliphatic rings. The lowest BCUT2D eigenvalue weighted by Crippen LogP contribution is -2.35. The Morgan fingerprint density at radius 3 is 2.52 bits per heavy atom. The lowest BCUT2D eigenvalue weighted by molar-refractivity contribution is -0.114. The van der Waals surface area contributed by atoms with E-state index in [2.05, 4.69) is 18.3 Å². The molecule has 4 nitrogen and oxygen atoms in total. The fraction of sp³-hybridized carbons (Fsp3) is 0.263. The lowest BCUT2D eigenvalue weighted by Gasteiger charge is -2.30. The van der Waals surface area contributed by atoms with Crippen molar-refractivity contribution in [1.82, 2.24) is 0 Å². The second-order valence-electron chi connectivity index (χ2n) is 5.95. The number of aryl methyl sites for hydroxylation is 2. The molecule has 0 unspecified atom stereocenters. The van der Waals surface area contributed by atoms with E-state index < -0.39 is 0 Å². The van der Waals surface area contributed by atoms with Gasteiger partial charge in [-0.15, -0.1) is 0 Å². The predicted octanol–water partition coefficient (Wildman–Crippen LogP) is 3.55. The number of carbonyl (C=O) groups excluding carboxylic acids is 2. The summed E-state index contributed by atoms with van der Waals surface area (Å²) in [4.78, 5) is 25.7. The third-order valence-corrected chi connectivity index (χ3v) is 4.05. The SMILES string of the molecule is CC(=O)Nc1ccc(C(=O)N2CCCc3cc(C)ccc32)cc1. The Morgan fingerprint density at radius 2 is 1.83 bits per heavy atom. The number of fused-ring (bicyclic) bond motifs is 1. The number of amides is 2. The maximum Gasteiger partial charge on any atom is 0.258 e. The third-order valence-electron chi connectivity index (χ3n) is 4.05. The van der Waals surface area contributed by atoms with Gasteiger partial charge in [0, 0.05) is 30.4 Å². The number of hydrogen-bond acceptors (Lipinski definition) is 2. The minimum Gasteiger partial charge on any atom is -0.326 e. The largest absolute Gasteiger partial charge is 0.326 e. The van der Waals surface area contributed by atoms with Crippen LogP contribution in [0, 0.1) is 6.92 Å². The van der Waals surface area contributed by atoms with Crippen LogP contribution in [0.5, 0.6) is 0 Å². The maximum absolute atomic E-state index is 12.8. The molecule has 0 aliphatic carbocycles. The van der Waals surface area contributed by atoms with Gasteiger partial charge < -0.3 is 10.2 Å². The summed E-state index contributed by atoms with van der Waals surface area (Å²) in [5, 5.41) is 2.71. The van der Waals surface area contributed by atoms with E-state index in [1.165, 1.54) is 18.1 Å². The van der Waals surface area contributed by atoms with Gasteiger partial charge >= 0.3 is 0 Å². The van der Waals surface area contributed by atoms with Crippen molar-refractivity contribution in [3.05, 3.63) is 59.2 Å². The van der Waals surface area contributed by atoms with Crippen LogP contribution in [0.2, 0.25) is 0 Å². The monoisotopic (exact) mass is 308 g/mol. The van der Waals surface area contributed by atoms with Gasteiger partial charge in [-0.3, -0.25) is 9.59 Å². The molecule has 3 rings (SSSR count). The van der Waals surface area contributed by atoms with Crippen molar-refractivity contribution < 1.29 is 9.59 Å². The Kier molecular flexibility index (Phi) is 4.15. The molecule has 2 aromatic carbocycles. The first kappa shape index (κ1) is 15.3. The molecule has 0 bridgehead atoms. The minimum absolute atomic E-state index is 0.00387. The molecule has 2 aromatic rings. The number of nitrogens with zero attached hydrogens (tertiary/aromatic N) is 1. The quantitative estimate of drug-likeness (QED) is 0.922. The summed E-state index contributed by atoms with van der Waals surface area (Å²) in [5.74, 6) is -0.117. The number of benzene rings is 2. The van der Waals surface area contributed by atoms with E-state index in [-0.39, 0.29) is 11.8 Å². The number of carbonyl (C=O) groups is 2. The molecule has 2 amide bonds. The molecule has 1 N–H and O–H groups in total. The first-order valence-corrected chi connectivity index (χ1v) is 7.83. The zero-order chi connectivity index (χ0) is 16.4. The fourth-order valence-electron chi connectivity index (χ4n) is 2.99. The predicted molar refractivity (Wildman–Crippen MR) is 91.9 cm³/mol. The highest BCUT2D eigenvalue weighted by molar-refractivity contribution is 6.07. The van der Waals surface area contributed by atoms with E-state index in [0.717, 1.165) is 25.1 Å².